The number of unbranched alkanes of at least 4 members (excludes halogenated alkanes) is 1. The molecule has 0 heterocycles. The van der Waals surface area contributed by atoms with Gasteiger partial charge in [0.1, 0.15) is 30.5 Å². The Morgan fingerprint density at radius 1 is 0.758 bits per heavy atom. The van der Waals surface area contributed by atoms with Gasteiger partial charge in [0.25, 0.3) is 0 Å². The maximum atomic E-state index is 12.5. The Hall–Kier alpha value is -3.32. The number of halogens is 1. The Bertz CT molecular complexity index is 1050. The third-order valence-electron chi connectivity index (χ3n) is 4.55. The third-order valence-corrected chi connectivity index (χ3v) is 5.17. The smallest absolute Gasteiger partial charge is 0.343 e. The zero-order valence-corrected chi connectivity index (χ0v) is 19.9. The summed E-state index contributed by atoms with van der Waals surface area (Å²) in [6, 6.07) is 20.5. The Labute approximate surface area is 201 Å². The second kappa shape index (κ2) is 12.6. The van der Waals surface area contributed by atoms with E-state index in [-0.39, 0.29) is 13.2 Å². The Balaban J connectivity index is 1.47. The first kappa shape index (κ1) is 24.3. The molecule has 0 amide bonds. The summed E-state index contributed by atoms with van der Waals surface area (Å²) in [5.41, 5.74) is 0.734. The molecule has 3 aromatic rings. The molecule has 0 aromatic heterocycles. The van der Waals surface area contributed by atoms with Gasteiger partial charge in [-0.15, -0.1) is 0 Å². The molecule has 33 heavy (non-hydrogen) atoms. The highest BCUT2D eigenvalue weighted by Crippen LogP contribution is 2.27. The number of para-hydroxylation sites is 1. The molecule has 0 fully saturated rings. The van der Waals surface area contributed by atoms with Crippen molar-refractivity contribution in [3.05, 3.63) is 88.4 Å². The molecule has 0 spiro atoms. The summed E-state index contributed by atoms with van der Waals surface area (Å²) in [6.45, 7) is 3.09. The van der Waals surface area contributed by atoms with Crippen LogP contribution in [0.1, 0.15) is 40.5 Å². The normalized spacial score (nSPS) is 10.4. The number of hydrogen-bond donors (Lipinski definition) is 0. The SMILES string of the molecule is CCCCOc1ccc(C(=O)Oc2ccc(C(=O)OCCOc3ccccc3)cc2)cc1Br. The molecule has 0 aliphatic heterocycles. The van der Waals surface area contributed by atoms with Crippen molar-refractivity contribution < 1.29 is 28.5 Å². The second-order valence-electron chi connectivity index (χ2n) is 7.06. The fraction of sp³-hybridized carbons (Fsp3) is 0.231. The van der Waals surface area contributed by atoms with Crippen molar-refractivity contribution in [3.8, 4) is 17.2 Å². The minimum Gasteiger partial charge on any atom is -0.492 e. The Kier molecular flexibility index (Phi) is 9.32. The summed E-state index contributed by atoms with van der Waals surface area (Å²) in [6.07, 6.45) is 2.00. The van der Waals surface area contributed by atoms with Gasteiger partial charge in [0.05, 0.1) is 22.2 Å². The molecule has 0 radical (unpaired) electrons. The number of benzene rings is 3. The molecule has 0 aliphatic carbocycles. The lowest BCUT2D eigenvalue weighted by atomic mass is 10.2. The van der Waals surface area contributed by atoms with E-state index in [9.17, 15) is 9.59 Å². The molecule has 172 valence electrons. The quantitative estimate of drug-likeness (QED) is 0.176. The van der Waals surface area contributed by atoms with Gasteiger partial charge in [0.15, 0.2) is 0 Å². The fourth-order valence-corrected chi connectivity index (χ4v) is 3.28. The molecular weight excluding hydrogens is 488 g/mol. The molecule has 0 saturated carbocycles. The highest BCUT2D eigenvalue weighted by molar-refractivity contribution is 9.10. The number of rotatable bonds is 11. The standard InChI is InChI=1S/C26H25BrO6/c1-2-3-15-31-24-14-11-20(18-23(24)27)26(29)33-22-12-9-19(10-13-22)25(28)32-17-16-30-21-7-5-4-6-8-21/h4-14,18H,2-3,15-17H2,1H3. The molecule has 3 rings (SSSR count). The molecule has 0 unspecified atom stereocenters. The van der Waals surface area contributed by atoms with Crippen LogP contribution in [0, 0.1) is 0 Å². The van der Waals surface area contributed by atoms with Crippen molar-refractivity contribution in [1.29, 1.82) is 0 Å². The zero-order chi connectivity index (χ0) is 23.5. The van der Waals surface area contributed by atoms with Crippen LogP contribution >= 0.6 is 15.9 Å². The van der Waals surface area contributed by atoms with E-state index >= 15 is 0 Å². The van der Waals surface area contributed by atoms with Crippen molar-refractivity contribution in [2.24, 2.45) is 0 Å². The van der Waals surface area contributed by atoms with E-state index in [2.05, 4.69) is 22.9 Å². The van der Waals surface area contributed by atoms with Crippen molar-refractivity contribution in [2.45, 2.75) is 19.8 Å². The molecule has 0 atom stereocenters. The van der Waals surface area contributed by atoms with Gasteiger partial charge in [-0.1, -0.05) is 31.5 Å². The average Bonchev–Trinajstić information content (AvgIpc) is 2.84. The Morgan fingerprint density at radius 3 is 2.18 bits per heavy atom. The van der Waals surface area contributed by atoms with E-state index < -0.39 is 11.9 Å². The first-order valence-corrected chi connectivity index (χ1v) is 11.5. The minimum atomic E-state index is -0.510. The van der Waals surface area contributed by atoms with Crippen LogP contribution in [0.4, 0.5) is 0 Å². The van der Waals surface area contributed by atoms with Crippen LogP contribution in [0.2, 0.25) is 0 Å². The van der Waals surface area contributed by atoms with E-state index in [0.29, 0.717) is 39.5 Å². The van der Waals surface area contributed by atoms with Gasteiger partial charge in [-0.2, -0.15) is 0 Å². The predicted octanol–water partition coefficient (Wildman–Crippen LogP) is 6.08. The van der Waals surface area contributed by atoms with Crippen LogP contribution in [0.5, 0.6) is 17.2 Å². The summed E-state index contributed by atoms with van der Waals surface area (Å²) >= 11 is 3.42. The monoisotopic (exact) mass is 512 g/mol. The number of esters is 2. The first-order chi connectivity index (χ1) is 16.1. The van der Waals surface area contributed by atoms with Gasteiger partial charge in [-0.05, 0) is 76.9 Å². The number of hydrogen-bond acceptors (Lipinski definition) is 6. The number of carbonyl (C=O) groups excluding carboxylic acids is 2. The van der Waals surface area contributed by atoms with E-state index in [1.54, 1.807) is 42.5 Å². The van der Waals surface area contributed by atoms with Crippen molar-refractivity contribution in [3.63, 3.8) is 0 Å². The van der Waals surface area contributed by atoms with E-state index in [1.807, 2.05) is 30.3 Å². The second-order valence-corrected chi connectivity index (χ2v) is 7.91. The van der Waals surface area contributed by atoms with Crippen LogP contribution in [-0.4, -0.2) is 31.8 Å². The zero-order valence-electron chi connectivity index (χ0n) is 18.3. The lowest BCUT2D eigenvalue weighted by molar-refractivity contribution is 0.0450. The van der Waals surface area contributed by atoms with Gasteiger partial charge in [0, 0.05) is 0 Å². The van der Waals surface area contributed by atoms with Crippen LogP contribution in [0.3, 0.4) is 0 Å². The number of carbonyl (C=O) groups is 2. The van der Waals surface area contributed by atoms with Crippen LogP contribution in [0.15, 0.2) is 77.3 Å². The predicted molar refractivity (Wildman–Crippen MR) is 128 cm³/mol. The van der Waals surface area contributed by atoms with Crippen LogP contribution < -0.4 is 14.2 Å². The summed E-state index contributed by atoms with van der Waals surface area (Å²) < 4.78 is 22.5. The molecule has 6 nitrogen and oxygen atoms in total. The van der Waals surface area contributed by atoms with Crippen molar-refractivity contribution >= 4 is 27.9 Å². The maximum absolute atomic E-state index is 12.5. The molecule has 0 N–H and O–H groups in total. The molecule has 0 aliphatic rings. The van der Waals surface area contributed by atoms with Crippen molar-refractivity contribution in [1.82, 2.24) is 0 Å². The largest absolute Gasteiger partial charge is 0.492 e. The van der Waals surface area contributed by atoms with Gasteiger partial charge >= 0.3 is 11.9 Å². The summed E-state index contributed by atoms with van der Waals surface area (Å²) in [4.78, 5) is 24.6. The van der Waals surface area contributed by atoms with E-state index in [0.717, 1.165) is 12.8 Å². The number of ether oxygens (including phenoxy) is 4. The van der Waals surface area contributed by atoms with Crippen LogP contribution in [-0.2, 0) is 4.74 Å². The molecular formula is C26H25BrO6. The van der Waals surface area contributed by atoms with Crippen LogP contribution in [0.25, 0.3) is 0 Å². The topological polar surface area (TPSA) is 71.1 Å². The maximum Gasteiger partial charge on any atom is 0.343 e. The molecule has 7 heteroatoms. The lowest BCUT2D eigenvalue weighted by Gasteiger charge is -2.10. The average molecular weight is 513 g/mol. The van der Waals surface area contributed by atoms with Crippen molar-refractivity contribution in [2.75, 3.05) is 19.8 Å². The van der Waals surface area contributed by atoms with Gasteiger partial charge in [-0.25, -0.2) is 9.59 Å². The fourth-order valence-electron chi connectivity index (χ4n) is 2.79. The molecule has 0 saturated heterocycles. The summed E-state index contributed by atoms with van der Waals surface area (Å²) in [5, 5.41) is 0. The van der Waals surface area contributed by atoms with E-state index in [1.165, 1.54) is 0 Å². The van der Waals surface area contributed by atoms with Gasteiger partial charge < -0.3 is 18.9 Å². The van der Waals surface area contributed by atoms with Gasteiger partial charge in [0.2, 0.25) is 0 Å². The highest BCUT2D eigenvalue weighted by Gasteiger charge is 2.13. The summed E-state index contributed by atoms with van der Waals surface area (Å²) in [5.74, 6) is 0.724. The Morgan fingerprint density at radius 2 is 1.48 bits per heavy atom. The van der Waals surface area contributed by atoms with E-state index in [4.69, 9.17) is 18.9 Å². The lowest BCUT2D eigenvalue weighted by Crippen LogP contribution is -2.12. The molecule has 3 aromatic carbocycles. The molecule has 0 bridgehead atoms. The highest BCUT2D eigenvalue weighted by atomic mass is 79.9. The summed E-state index contributed by atoms with van der Waals surface area (Å²) in [7, 11) is 0. The minimum absolute atomic E-state index is 0.123. The third kappa shape index (κ3) is 7.64. The first-order valence-electron chi connectivity index (χ1n) is 10.7. The van der Waals surface area contributed by atoms with Gasteiger partial charge in [-0.3, -0.25) is 0 Å².